The van der Waals surface area contributed by atoms with Gasteiger partial charge in [0.25, 0.3) is 11.8 Å². The van der Waals surface area contributed by atoms with Crippen LogP contribution in [0.15, 0.2) is 54.6 Å². The van der Waals surface area contributed by atoms with Gasteiger partial charge < -0.3 is 0 Å². The van der Waals surface area contributed by atoms with Gasteiger partial charge in [0.1, 0.15) is 6.54 Å². The Morgan fingerprint density at radius 3 is 2.50 bits per heavy atom. The summed E-state index contributed by atoms with van der Waals surface area (Å²) in [6.45, 7) is -0.302. The molecular formula is C18H17N3O3. The zero-order valence-corrected chi connectivity index (χ0v) is 13.2. The molecule has 1 aliphatic heterocycles. The van der Waals surface area contributed by atoms with E-state index < -0.39 is 11.8 Å². The van der Waals surface area contributed by atoms with Gasteiger partial charge in [0.05, 0.1) is 12.1 Å². The number of anilines is 1. The minimum atomic E-state index is -0.431. The molecule has 24 heavy (non-hydrogen) atoms. The Morgan fingerprint density at radius 1 is 1.08 bits per heavy atom. The molecule has 0 fully saturated rings. The van der Waals surface area contributed by atoms with Crippen LogP contribution < -0.4 is 10.4 Å². The van der Waals surface area contributed by atoms with Crippen molar-refractivity contribution in [2.24, 2.45) is 0 Å². The van der Waals surface area contributed by atoms with Crippen LogP contribution in [0.5, 0.6) is 0 Å². The molecular weight excluding hydrogens is 306 g/mol. The zero-order chi connectivity index (χ0) is 17.1. The smallest absolute Gasteiger partial charge is 0.261 e. The van der Waals surface area contributed by atoms with Crippen molar-refractivity contribution in [3.8, 4) is 0 Å². The van der Waals surface area contributed by atoms with E-state index in [2.05, 4.69) is 5.43 Å². The predicted molar refractivity (Wildman–Crippen MR) is 89.2 cm³/mol. The minimum Gasteiger partial charge on any atom is -0.289 e. The number of amides is 3. The fourth-order valence-electron chi connectivity index (χ4n) is 2.64. The third kappa shape index (κ3) is 3.12. The highest BCUT2D eigenvalue weighted by atomic mass is 16.2. The summed E-state index contributed by atoms with van der Waals surface area (Å²) in [5.74, 6) is -1.22. The second-order valence-electron chi connectivity index (χ2n) is 5.55. The molecule has 1 heterocycles. The summed E-state index contributed by atoms with van der Waals surface area (Å²) in [5, 5.41) is 1.55. The highest BCUT2D eigenvalue weighted by molar-refractivity contribution is 6.11. The molecule has 0 spiro atoms. The average molecular weight is 323 g/mol. The largest absolute Gasteiger partial charge is 0.289 e. The first kappa shape index (κ1) is 15.7. The lowest BCUT2D eigenvalue weighted by atomic mass is 9.98. The number of hydrazine groups is 1. The number of rotatable bonds is 4. The van der Waals surface area contributed by atoms with Crippen LogP contribution in [0, 0.1) is 0 Å². The van der Waals surface area contributed by atoms with Gasteiger partial charge in [-0.2, -0.15) is 0 Å². The minimum absolute atomic E-state index is 0.129. The highest BCUT2D eigenvalue weighted by Gasteiger charge is 2.32. The van der Waals surface area contributed by atoms with Crippen molar-refractivity contribution < 1.29 is 14.4 Å². The van der Waals surface area contributed by atoms with E-state index in [-0.39, 0.29) is 18.9 Å². The second kappa shape index (κ2) is 6.54. The lowest BCUT2D eigenvalue weighted by Gasteiger charge is -2.27. The van der Waals surface area contributed by atoms with E-state index >= 15 is 0 Å². The Kier molecular flexibility index (Phi) is 4.29. The summed E-state index contributed by atoms with van der Waals surface area (Å²) < 4.78 is 0. The van der Waals surface area contributed by atoms with Crippen LogP contribution in [0.3, 0.4) is 0 Å². The van der Waals surface area contributed by atoms with Crippen molar-refractivity contribution in [3.05, 3.63) is 65.7 Å². The molecule has 0 bridgehead atoms. The lowest BCUT2D eigenvalue weighted by Crippen LogP contribution is -2.50. The summed E-state index contributed by atoms with van der Waals surface area (Å²) in [5.41, 5.74) is 4.63. The normalized spacial score (nSPS) is 13.5. The van der Waals surface area contributed by atoms with Crippen LogP contribution in [0.25, 0.3) is 0 Å². The first-order chi connectivity index (χ1) is 11.6. The molecule has 0 saturated carbocycles. The Labute approximate surface area is 139 Å². The van der Waals surface area contributed by atoms with Crippen LogP contribution in [0.4, 0.5) is 5.69 Å². The van der Waals surface area contributed by atoms with E-state index in [4.69, 9.17) is 0 Å². The number of para-hydroxylation sites is 1. The molecule has 1 aliphatic rings. The van der Waals surface area contributed by atoms with Gasteiger partial charge in [0.15, 0.2) is 0 Å². The molecule has 2 aromatic rings. The molecule has 1 N–H and O–H groups in total. The summed E-state index contributed by atoms with van der Waals surface area (Å²) >= 11 is 0. The number of carbonyl (C=O) groups excluding carboxylic acids is 3. The Balaban J connectivity index is 1.68. The van der Waals surface area contributed by atoms with E-state index in [0.29, 0.717) is 11.1 Å². The number of imide groups is 1. The molecule has 122 valence electrons. The lowest BCUT2D eigenvalue weighted by molar-refractivity contribution is -0.133. The number of benzene rings is 2. The average Bonchev–Trinajstić information content (AvgIpc) is 2.59. The van der Waals surface area contributed by atoms with E-state index in [1.54, 1.807) is 36.3 Å². The summed E-state index contributed by atoms with van der Waals surface area (Å²) in [6.07, 6.45) is 0.129. The van der Waals surface area contributed by atoms with E-state index in [1.165, 1.54) is 0 Å². The van der Waals surface area contributed by atoms with Gasteiger partial charge in [-0.3, -0.25) is 29.7 Å². The molecule has 0 saturated heterocycles. The summed E-state index contributed by atoms with van der Waals surface area (Å²) in [7, 11) is 1.70. The molecule has 0 unspecified atom stereocenters. The molecule has 0 aliphatic carbocycles. The molecule has 3 amide bonds. The highest BCUT2D eigenvalue weighted by Crippen LogP contribution is 2.19. The maximum absolute atomic E-state index is 12.4. The van der Waals surface area contributed by atoms with Crippen molar-refractivity contribution >= 4 is 23.4 Å². The van der Waals surface area contributed by atoms with Gasteiger partial charge in [-0.15, -0.1) is 0 Å². The van der Waals surface area contributed by atoms with Crippen LogP contribution in [0.2, 0.25) is 0 Å². The van der Waals surface area contributed by atoms with Gasteiger partial charge >= 0.3 is 0 Å². The first-order valence-corrected chi connectivity index (χ1v) is 7.57. The number of hydrogen-bond acceptors (Lipinski definition) is 4. The standard InChI is InChI=1S/C18H17N3O3/c1-20(14-8-3-2-4-9-14)19-16(22)12-21-17(23)11-13-7-5-6-10-15(13)18(21)24/h2-10H,11-12H2,1H3,(H,19,22). The van der Waals surface area contributed by atoms with Gasteiger partial charge in [0.2, 0.25) is 5.91 Å². The summed E-state index contributed by atoms with van der Waals surface area (Å²) in [6, 6.07) is 16.2. The second-order valence-corrected chi connectivity index (χ2v) is 5.55. The third-order valence-electron chi connectivity index (χ3n) is 3.87. The maximum atomic E-state index is 12.4. The molecule has 2 aromatic carbocycles. The molecule has 6 heteroatoms. The Bertz CT molecular complexity index is 789. The third-order valence-corrected chi connectivity index (χ3v) is 3.87. The monoisotopic (exact) mass is 323 g/mol. The van der Waals surface area contributed by atoms with E-state index in [0.717, 1.165) is 10.6 Å². The number of carbonyl (C=O) groups is 3. The summed E-state index contributed by atoms with van der Waals surface area (Å²) in [4.78, 5) is 37.8. The predicted octanol–water partition coefficient (Wildman–Crippen LogP) is 1.38. The van der Waals surface area contributed by atoms with Gasteiger partial charge in [-0.25, -0.2) is 0 Å². The molecule has 6 nitrogen and oxygen atoms in total. The van der Waals surface area contributed by atoms with Crippen molar-refractivity contribution in [1.29, 1.82) is 0 Å². The van der Waals surface area contributed by atoms with Gasteiger partial charge in [-0.1, -0.05) is 36.4 Å². The zero-order valence-electron chi connectivity index (χ0n) is 13.2. The van der Waals surface area contributed by atoms with Crippen molar-refractivity contribution in [2.75, 3.05) is 18.6 Å². The van der Waals surface area contributed by atoms with Crippen LogP contribution in [-0.2, 0) is 16.0 Å². The van der Waals surface area contributed by atoms with Crippen LogP contribution >= 0.6 is 0 Å². The number of fused-ring (bicyclic) bond motifs is 1. The Morgan fingerprint density at radius 2 is 1.75 bits per heavy atom. The Hall–Kier alpha value is -3.15. The fraction of sp³-hybridized carbons (Fsp3) is 0.167. The van der Waals surface area contributed by atoms with E-state index in [1.807, 2.05) is 30.3 Å². The maximum Gasteiger partial charge on any atom is 0.261 e. The van der Waals surface area contributed by atoms with Crippen molar-refractivity contribution in [1.82, 2.24) is 10.3 Å². The number of nitrogens with zero attached hydrogens (tertiary/aromatic N) is 2. The quantitative estimate of drug-likeness (QED) is 0.682. The SMILES string of the molecule is CN(NC(=O)CN1C(=O)Cc2ccccc2C1=O)c1ccccc1. The van der Waals surface area contributed by atoms with Gasteiger partial charge in [-0.05, 0) is 23.8 Å². The number of nitrogens with one attached hydrogen (secondary N) is 1. The van der Waals surface area contributed by atoms with E-state index in [9.17, 15) is 14.4 Å². The van der Waals surface area contributed by atoms with Crippen LogP contribution in [-0.4, -0.2) is 36.2 Å². The molecule has 0 aromatic heterocycles. The molecule has 0 radical (unpaired) electrons. The topological polar surface area (TPSA) is 69.7 Å². The molecule has 3 rings (SSSR count). The number of hydrogen-bond donors (Lipinski definition) is 1. The van der Waals surface area contributed by atoms with Crippen LogP contribution in [0.1, 0.15) is 15.9 Å². The van der Waals surface area contributed by atoms with Gasteiger partial charge in [0, 0.05) is 12.6 Å². The fourth-order valence-corrected chi connectivity index (χ4v) is 2.64. The van der Waals surface area contributed by atoms with Crippen molar-refractivity contribution in [2.45, 2.75) is 6.42 Å². The first-order valence-electron chi connectivity index (χ1n) is 7.57. The molecule has 0 atom stereocenters. The van der Waals surface area contributed by atoms with Crippen molar-refractivity contribution in [3.63, 3.8) is 0 Å².